The molecule has 1 amide bonds. The van der Waals surface area contributed by atoms with Gasteiger partial charge in [0.2, 0.25) is 10.0 Å². The monoisotopic (exact) mass is 300 g/mol. The fourth-order valence-corrected chi connectivity index (χ4v) is 2.18. The molecule has 0 saturated heterocycles. The average Bonchev–Trinajstić information content (AvgIpc) is 2.18. The molecule has 7 heteroatoms. The number of nitrogens with one attached hydrogen (secondary N) is 1. The second-order valence-corrected chi connectivity index (χ2v) is 7.20. The highest BCUT2D eigenvalue weighted by molar-refractivity contribution is 7.88. The average molecular weight is 300 g/mol. The highest BCUT2D eigenvalue weighted by Crippen LogP contribution is 2.19. The van der Waals surface area contributed by atoms with E-state index >= 15 is 0 Å². The number of anilines is 1. The third-order valence-corrected chi connectivity index (χ3v) is 3.04. The van der Waals surface area contributed by atoms with Crippen LogP contribution >= 0.6 is 0 Å². The van der Waals surface area contributed by atoms with Crippen LogP contribution in [0.25, 0.3) is 0 Å². The van der Waals surface area contributed by atoms with E-state index in [-0.39, 0.29) is 5.75 Å². The topological polar surface area (TPSA) is 98.5 Å². The van der Waals surface area contributed by atoms with Gasteiger partial charge >= 0.3 is 6.09 Å². The number of hydrogen-bond acceptors (Lipinski definition) is 4. The lowest BCUT2D eigenvalue weighted by Crippen LogP contribution is -2.27. The molecular formula is C13H20N2O4S. The number of aryl methyl sites for hydroxylation is 1. The zero-order valence-electron chi connectivity index (χ0n) is 12.1. The fourth-order valence-electron chi connectivity index (χ4n) is 1.54. The molecule has 0 unspecified atom stereocenters. The number of ether oxygens (including phenoxy) is 1. The molecule has 0 heterocycles. The van der Waals surface area contributed by atoms with Crippen molar-refractivity contribution in [3.8, 4) is 0 Å². The number of benzene rings is 1. The molecular weight excluding hydrogens is 280 g/mol. The van der Waals surface area contributed by atoms with Gasteiger partial charge < -0.3 is 4.74 Å². The Bertz CT molecular complexity index is 603. The van der Waals surface area contributed by atoms with Gasteiger partial charge in [0.05, 0.1) is 5.75 Å². The number of sulfonamides is 1. The van der Waals surface area contributed by atoms with Crippen LogP contribution in [-0.2, 0) is 20.5 Å². The van der Waals surface area contributed by atoms with Crippen LogP contribution in [0, 0.1) is 6.92 Å². The van der Waals surface area contributed by atoms with Gasteiger partial charge in [-0.2, -0.15) is 0 Å². The fraction of sp³-hybridized carbons (Fsp3) is 0.462. The highest BCUT2D eigenvalue weighted by Gasteiger charge is 2.17. The van der Waals surface area contributed by atoms with E-state index in [0.717, 1.165) is 5.56 Å². The predicted molar refractivity (Wildman–Crippen MR) is 77.8 cm³/mol. The zero-order valence-corrected chi connectivity index (χ0v) is 12.9. The second-order valence-electron chi connectivity index (χ2n) is 5.58. The van der Waals surface area contributed by atoms with E-state index in [2.05, 4.69) is 5.32 Å². The van der Waals surface area contributed by atoms with Crippen LogP contribution in [0.5, 0.6) is 0 Å². The van der Waals surface area contributed by atoms with Crippen molar-refractivity contribution >= 4 is 21.8 Å². The zero-order chi connectivity index (χ0) is 15.6. The van der Waals surface area contributed by atoms with Gasteiger partial charge in [-0.3, -0.25) is 5.32 Å². The van der Waals surface area contributed by atoms with Gasteiger partial charge in [0.25, 0.3) is 0 Å². The molecule has 0 aliphatic heterocycles. The van der Waals surface area contributed by atoms with Gasteiger partial charge in [0, 0.05) is 5.69 Å². The first-order valence-electron chi connectivity index (χ1n) is 6.06. The number of primary sulfonamides is 1. The van der Waals surface area contributed by atoms with Crippen LogP contribution in [0.15, 0.2) is 18.2 Å². The maximum absolute atomic E-state index is 11.7. The minimum atomic E-state index is -3.61. The van der Waals surface area contributed by atoms with Crippen molar-refractivity contribution in [2.45, 2.75) is 39.0 Å². The summed E-state index contributed by atoms with van der Waals surface area (Å²) in [7, 11) is -3.61. The SMILES string of the molecule is Cc1ccc(CS(N)(=O)=O)cc1NC(=O)OC(C)(C)C. The van der Waals surface area contributed by atoms with Crippen LogP contribution < -0.4 is 10.5 Å². The molecule has 0 aliphatic rings. The van der Waals surface area contributed by atoms with E-state index in [9.17, 15) is 13.2 Å². The summed E-state index contributed by atoms with van der Waals surface area (Å²) in [5.74, 6) is -0.281. The van der Waals surface area contributed by atoms with Crippen LogP contribution in [-0.4, -0.2) is 20.1 Å². The normalized spacial score (nSPS) is 12.1. The second kappa shape index (κ2) is 5.80. The predicted octanol–water partition coefficient (Wildman–Crippen LogP) is 2.13. The van der Waals surface area contributed by atoms with Crippen molar-refractivity contribution in [2.24, 2.45) is 5.14 Å². The molecule has 1 aromatic carbocycles. The molecule has 0 aromatic heterocycles. The van der Waals surface area contributed by atoms with Crippen molar-refractivity contribution in [3.05, 3.63) is 29.3 Å². The maximum Gasteiger partial charge on any atom is 0.412 e. The van der Waals surface area contributed by atoms with Crippen LogP contribution in [0.4, 0.5) is 10.5 Å². The van der Waals surface area contributed by atoms with E-state index in [0.29, 0.717) is 11.3 Å². The molecule has 0 fully saturated rings. The molecule has 0 saturated carbocycles. The summed E-state index contributed by atoms with van der Waals surface area (Å²) in [5, 5.41) is 7.60. The molecule has 3 N–H and O–H groups in total. The molecule has 112 valence electrons. The Morgan fingerprint density at radius 1 is 1.35 bits per heavy atom. The van der Waals surface area contributed by atoms with Gasteiger partial charge in [-0.15, -0.1) is 0 Å². The van der Waals surface area contributed by atoms with Gasteiger partial charge in [0.1, 0.15) is 5.60 Å². The molecule has 20 heavy (non-hydrogen) atoms. The minimum Gasteiger partial charge on any atom is -0.444 e. The largest absolute Gasteiger partial charge is 0.444 e. The first-order chi connectivity index (χ1) is 8.96. The summed E-state index contributed by atoms with van der Waals surface area (Å²) < 4.78 is 27.3. The third-order valence-electron chi connectivity index (χ3n) is 2.31. The first kappa shape index (κ1) is 16.5. The summed E-state index contributed by atoms with van der Waals surface area (Å²) in [6.45, 7) is 7.08. The number of hydrogen-bond donors (Lipinski definition) is 2. The molecule has 6 nitrogen and oxygen atoms in total. The highest BCUT2D eigenvalue weighted by atomic mass is 32.2. The van der Waals surface area contributed by atoms with Crippen LogP contribution in [0.2, 0.25) is 0 Å². The van der Waals surface area contributed by atoms with Crippen LogP contribution in [0.1, 0.15) is 31.9 Å². The number of carbonyl (C=O) groups excluding carboxylic acids is 1. The van der Waals surface area contributed by atoms with E-state index in [1.165, 1.54) is 0 Å². The Labute approximate surface area is 119 Å². The van der Waals surface area contributed by atoms with Crippen molar-refractivity contribution in [1.82, 2.24) is 0 Å². The number of carbonyl (C=O) groups is 1. The van der Waals surface area contributed by atoms with Gasteiger partial charge in [0.15, 0.2) is 0 Å². The van der Waals surface area contributed by atoms with Crippen LogP contribution in [0.3, 0.4) is 0 Å². The lowest BCUT2D eigenvalue weighted by Gasteiger charge is -2.20. The summed E-state index contributed by atoms with van der Waals surface area (Å²) in [5.41, 5.74) is 1.20. The third kappa shape index (κ3) is 6.03. The lowest BCUT2D eigenvalue weighted by molar-refractivity contribution is 0.0636. The minimum absolute atomic E-state index is 0.281. The van der Waals surface area contributed by atoms with Crippen molar-refractivity contribution in [3.63, 3.8) is 0 Å². The quantitative estimate of drug-likeness (QED) is 0.893. The van der Waals surface area contributed by atoms with Crippen molar-refractivity contribution in [2.75, 3.05) is 5.32 Å². The van der Waals surface area contributed by atoms with E-state index in [1.54, 1.807) is 45.9 Å². The summed E-state index contributed by atoms with van der Waals surface area (Å²) in [4.78, 5) is 11.7. The van der Waals surface area contributed by atoms with Gasteiger partial charge in [-0.05, 0) is 44.9 Å². The Hall–Kier alpha value is -1.60. The molecule has 0 spiro atoms. The standard InChI is InChI=1S/C13H20N2O4S/c1-9-5-6-10(8-20(14,17)18)7-11(9)15-12(16)19-13(2,3)4/h5-7H,8H2,1-4H3,(H,15,16)(H2,14,17,18). The first-order valence-corrected chi connectivity index (χ1v) is 7.78. The number of amides is 1. The Kier molecular flexibility index (Phi) is 4.77. The Balaban J connectivity index is 2.90. The van der Waals surface area contributed by atoms with E-state index < -0.39 is 21.7 Å². The molecule has 0 radical (unpaired) electrons. The Morgan fingerprint density at radius 3 is 2.45 bits per heavy atom. The lowest BCUT2D eigenvalue weighted by atomic mass is 10.1. The Morgan fingerprint density at radius 2 is 1.95 bits per heavy atom. The maximum atomic E-state index is 11.7. The molecule has 0 aliphatic carbocycles. The van der Waals surface area contributed by atoms with Gasteiger partial charge in [-0.1, -0.05) is 12.1 Å². The van der Waals surface area contributed by atoms with E-state index in [4.69, 9.17) is 9.88 Å². The molecule has 0 atom stereocenters. The summed E-state index contributed by atoms with van der Waals surface area (Å²) in [6, 6.07) is 4.94. The summed E-state index contributed by atoms with van der Waals surface area (Å²) in [6.07, 6.45) is -0.589. The van der Waals surface area contributed by atoms with Crippen molar-refractivity contribution < 1.29 is 17.9 Å². The van der Waals surface area contributed by atoms with Crippen molar-refractivity contribution in [1.29, 1.82) is 0 Å². The number of nitrogens with two attached hydrogens (primary N) is 1. The molecule has 1 rings (SSSR count). The number of rotatable bonds is 3. The van der Waals surface area contributed by atoms with Gasteiger partial charge in [-0.25, -0.2) is 18.4 Å². The van der Waals surface area contributed by atoms with E-state index in [1.807, 2.05) is 0 Å². The summed E-state index contributed by atoms with van der Waals surface area (Å²) >= 11 is 0. The smallest absolute Gasteiger partial charge is 0.412 e. The molecule has 1 aromatic rings. The molecule has 0 bridgehead atoms.